The maximum Gasteiger partial charge on any atom is 0.573 e. The number of rotatable bonds is 5. The van der Waals surface area contributed by atoms with Gasteiger partial charge in [-0.2, -0.15) is 4.31 Å². The second-order valence-corrected chi connectivity index (χ2v) is 8.69. The number of nitrogens with zero attached hydrogens (tertiary/aromatic N) is 2. The molecule has 2 heterocycles. The third-order valence-corrected chi connectivity index (χ3v) is 6.54. The number of hydrogen-bond donors (Lipinski definition) is 0. The van der Waals surface area contributed by atoms with Gasteiger partial charge < -0.3 is 9.47 Å². The van der Waals surface area contributed by atoms with E-state index in [1.54, 1.807) is 6.07 Å². The average molecular weight is 438 g/mol. The summed E-state index contributed by atoms with van der Waals surface area (Å²) in [4.78, 5) is 4.32. The summed E-state index contributed by atoms with van der Waals surface area (Å²) in [5.74, 6) is -0.0712. The summed E-state index contributed by atoms with van der Waals surface area (Å²) in [7, 11) is -3.86. The Morgan fingerprint density at radius 2 is 1.73 bits per heavy atom. The molecule has 30 heavy (non-hydrogen) atoms. The van der Waals surface area contributed by atoms with Crippen LogP contribution in [-0.2, 0) is 10.0 Å². The van der Waals surface area contributed by atoms with Gasteiger partial charge in [0, 0.05) is 18.0 Å². The van der Waals surface area contributed by atoms with Crippen molar-refractivity contribution in [1.29, 1.82) is 0 Å². The van der Waals surface area contributed by atoms with Gasteiger partial charge in [0.05, 0.1) is 17.0 Å². The summed E-state index contributed by atoms with van der Waals surface area (Å²) < 4.78 is 73.3. The van der Waals surface area contributed by atoms with E-state index in [-0.39, 0.29) is 24.1 Å². The van der Waals surface area contributed by atoms with Crippen LogP contribution in [0.5, 0.6) is 11.6 Å². The smallest absolute Gasteiger partial charge is 0.473 e. The largest absolute Gasteiger partial charge is 0.573 e. The molecule has 1 fully saturated rings. The van der Waals surface area contributed by atoms with Gasteiger partial charge in [0.1, 0.15) is 11.9 Å². The summed E-state index contributed by atoms with van der Waals surface area (Å²) in [6, 6.07) is 15.3. The first-order valence-electron chi connectivity index (χ1n) is 9.09. The van der Waals surface area contributed by atoms with Crippen LogP contribution in [0.4, 0.5) is 13.2 Å². The average Bonchev–Trinajstić information content (AvgIpc) is 3.16. The predicted molar refractivity (Wildman–Crippen MR) is 103 cm³/mol. The predicted octanol–water partition coefficient (Wildman–Crippen LogP) is 3.98. The summed E-state index contributed by atoms with van der Waals surface area (Å²) >= 11 is 0. The lowest BCUT2D eigenvalue weighted by molar-refractivity contribution is -0.274. The van der Waals surface area contributed by atoms with Gasteiger partial charge in [-0.3, -0.25) is 0 Å². The van der Waals surface area contributed by atoms with Crippen LogP contribution in [0.1, 0.15) is 6.42 Å². The van der Waals surface area contributed by atoms with Gasteiger partial charge in [-0.15, -0.1) is 13.2 Å². The quantitative estimate of drug-likeness (QED) is 0.603. The van der Waals surface area contributed by atoms with E-state index in [4.69, 9.17) is 4.74 Å². The van der Waals surface area contributed by atoms with Gasteiger partial charge in [-0.05, 0) is 42.8 Å². The van der Waals surface area contributed by atoms with Crippen LogP contribution in [0.3, 0.4) is 0 Å². The highest BCUT2D eigenvalue weighted by molar-refractivity contribution is 7.89. The Labute approximate surface area is 170 Å². The monoisotopic (exact) mass is 438 g/mol. The first kappa shape index (κ1) is 20.4. The van der Waals surface area contributed by atoms with E-state index >= 15 is 0 Å². The van der Waals surface area contributed by atoms with Gasteiger partial charge >= 0.3 is 6.36 Å². The molecule has 0 radical (unpaired) electrons. The topological polar surface area (TPSA) is 68.7 Å². The van der Waals surface area contributed by atoms with Crippen molar-refractivity contribution in [1.82, 2.24) is 9.29 Å². The highest BCUT2D eigenvalue weighted by Gasteiger charge is 2.34. The maximum atomic E-state index is 12.8. The van der Waals surface area contributed by atoms with Crippen LogP contribution in [0.15, 0.2) is 65.6 Å². The maximum absolute atomic E-state index is 12.8. The van der Waals surface area contributed by atoms with E-state index in [1.807, 2.05) is 30.3 Å². The van der Waals surface area contributed by atoms with Crippen LogP contribution in [0.25, 0.3) is 10.9 Å². The highest BCUT2D eigenvalue weighted by Crippen LogP contribution is 2.27. The first-order chi connectivity index (χ1) is 14.2. The van der Waals surface area contributed by atoms with Crippen LogP contribution < -0.4 is 9.47 Å². The molecule has 1 aliphatic rings. The number of alkyl halides is 3. The molecule has 10 heteroatoms. The van der Waals surface area contributed by atoms with Crippen molar-refractivity contribution in [2.45, 2.75) is 23.8 Å². The number of benzene rings is 2. The zero-order chi connectivity index (χ0) is 21.4. The molecule has 1 unspecified atom stereocenters. The van der Waals surface area contributed by atoms with Crippen LogP contribution in [-0.4, -0.2) is 43.3 Å². The molecule has 2 aromatic carbocycles. The number of para-hydroxylation sites is 1. The van der Waals surface area contributed by atoms with Crippen molar-refractivity contribution in [2.24, 2.45) is 0 Å². The molecular formula is C20H17F3N2O4S. The fourth-order valence-corrected chi connectivity index (χ4v) is 4.74. The van der Waals surface area contributed by atoms with E-state index in [9.17, 15) is 21.6 Å². The number of ether oxygens (including phenoxy) is 2. The molecule has 1 aromatic heterocycles. The SMILES string of the molecule is O=S(=O)(c1ccc(OC(F)(F)F)cc1)N1CCC(Oc2ccc3ccccc3n2)C1. The van der Waals surface area contributed by atoms with Gasteiger partial charge in [0.2, 0.25) is 15.9 Å². The number of pyridine rings is 1. The number of halogens is 3. The molecule has 1 atom stereocenters. The highest BCUT2D eigenvalue weighted by atomic mass is 32.2. The molecular weight excluding hydrogens is 421 g/mol. The number of sulfonamides is 1. The Hall–Kier alpha value is -2.85. The molecule has 4 rings (SSSR count). The summed E-state index contributed by atoms with van der Waals surface area (Å²) in [5, 5.41) is 0.971. The van der Waals surface area contributed by atoms with Crippen LogP contribution >= 0.6 is 0 Å². The molecule has 1 saturated heterocycles. The molecule has 0 spiro atoms. The Morgan fingerprint density at radius 3 is 2.47 bits per heavy atom. The van der Waals surface area contributed by atoms with E-state index in [0.717, 1.165) is 35.2 Å². The van der Waals surface area contributed by atoms with Gasteiger partial charge in [-0.1, -0.05) is 18.2 Å². The van der Waals surface area contributed by atoms with Crippen molar-refractivity contribution in [3.05, 3.63) is 60.7 Å². The number of hydrogen-bond acceptors (Lipinski definition) is 5. The Kier molecular flexibility index (Phi) is 5.29. The van der Waals surface area contributed by atoms with Crippen molar-refractivity contribution in [3.63, 3.8) is 0 Å². The third-order valence-electron chi connectivity index (χ3n) is 4.66. The fourth-order valence-electron chi connectivity index (χ4n) is 3.26. The molecule has 0 amide bonds. The normalized spacial score (nSPS) is 17.9. The van der Waals surface area contributed by atoms with Crippen molar-refractivity contribution in [3.8, 4) is 11.6 Å². The lowest BCUT2D eigenvalue weighted by Crippen LogP contribution is -2.31. The zero-order valence-electron chi connectivity index (χ0n) is 15.5. The van der Waals surface area contributed by atoms with E-state index < -0.39 is 22.1 Å². The first-order valence-corrected chi connectivity index (χ1v) is 10.5. The number of fused-ring (bicyclic) bond motifs is 1. The zero-order valence-corrected chi connectivity index (χ0v) is 16.4. The van der Waals surface area contributed by atoms with Gasteiger partial charge in [0.15, 0.2) is 0 Å². The third kappa shape index (κ3) is 4.49. The van der Waals surface area contributed by atoms with Crippen molar-refractivity contribution < 1.29 is 31.1 Å². The molecule has 0 aliphatic carbocycles. The summed E-state index contributed by atoms with van der Waals surface area (Å²) in [6.45, 7) is 0.360. The molecule has 0 bridgehead atoms. The Morgan fingerprint density at radius 1 is 1.00 bits per heavy atom. The van der Waals surface area contributed by atoms with Crippen LogP contribution in [0, 0.1) is 0 Å². The number of aromatic nitrogens is 1. The molecule has 3 aromatic rings. The molecule has 6 nitrogen and oxygen atoms in total. The molecule has 0 saturated carbocycles. The Balaban J connectivity index is 1.43. The second kappa shape index (κ2) is 7.77. The minimum Gasteiger partial charge on any atom is -0.473 e. The van der Waals surface area contributed by atoms with Gasteiger partial charge in [-0.25, -0.2) is 13.4 Å². The van der Waals surface area contributed by atoms with E-state index in [1.165, 1.54) is 4.31 Å². The Bertz CT molecular complexity index is 1150. The lowest BCUT2D eigenvalue weighted by Gasteiger charge is -2.17. The molecule has 0 N–H and O–H groups in total. The minimum atomic E-state index is -4.84. The fraction of sp³-hybridized carbons (Fsp3) is 0.250. The van der Waals surface area contributed by atoms with Crippen LogP contribution in [0.2, 0.25) is 0 Å². The summed E-state index contributed by atoms with van der Waals surface area (Å²) in [5.41, 5.74) is 0.777. The molecule has 1 aliphatic heterocycles. The molecule has 158 valence electrons. The van der Waals surface area contributed by atoms with E-state index in [0.29, 0.717) is 12.3 Å². The van der Waals surface area contributed by atoms with E-state index in [2.05, 4.69) is 9.72 Å². The standard InChI is InChI=1S/C20H17F3N2O4S/c21-20(22,23)29-15-6-8-17(9-7-15)30(26,27)25-12-11-16(13-25)28-19-10-5-14-3-1-2-4-18(14)24-19/h1-10,16H,11-13H2. The second-order valence-electron chi connectivity index (χ2n) is 6.75. The van der Waals surface area contributed by atoms with Crippen molar-refractivity contribution in [2.75, 3.05) is 13.1 Å². The lowest BCUT2D eigenvalue weighted by atomic mass is 10.2. The van der Waals surface area contributed by atoms with Crippen molar-refractivity contribution >= 4 is 20.9 Å². The summed E-state index contributed by atoms with van der Waals surface area (Å²) in [6.07, 6.45) is -4.74. The van der Waals surface area contributed by atoms with Gasteiger partial charge in [0.25, 0.3) is 0 Å². The minimum absolute atomic E-state index is 0.110.